The fourth-order valence-corrected chi connectivity index (χ4v) is 2.15. The number of carboxylic acid groups (broad SMARTS) is 1. The molecule has 0 radical (unpaired) electrons. The van der Waals surface area contributed by atoms with Crippen LogP contribution in [0.3, 0.4) is 0 Å². The van der Waals surface area contributed by atoms with Gasteiger partial charge in [0.25, 0.3) is 5.56 Å². The summed E-state index contributed by atoms with van der Waals surface area (Å²) in [5.74, 6) is -1.86. The van der Waals surface area contributed by atoms with Gasteiger partial charge in [-0.25, -0.2) is 13.7 Å². The van der Waals surface area contributed by atoms with Crippen molar-refractivity contribution >= 4 is 11.5 Å². The second-order valence-electron chi connectivity index (χ2n) is 4.50. The van der Waals surface area contributed by atoms with Gasteiger partial charge in [0.2, 0.25) is 0 Å². The number of rotatable bonds is 3. The van der Waals surface area contributed by atoms with Crippen molar-refractivity contribution in [3.8, 4) is 0 Å². The summed E-state index contributed by atoms with van der Waals surface area (Å²) < 4.78 is 15.9. The van der Waals surface area contributed by atoms with Crippen molar-refractivity contribution in [2.45, 2.75) is 6.54 Å². The molecule has 106 valence electrons. The van der Waals surface area contributed by atoms with Crippen molar-refractivity contribution in [1.82, 2.24) is 14.2 Å². The number of nitrogens with zero attached hydrogens (tertiary/aromatic N) is 3. The van der Waals surface area contributed by atoms with Crippen LogP contribution in [0.25, 0.3) is 5.52 Å². The van der Waals surface area contributed by atoms with Gasteiger partial charge in [-0.15, -0.1) is 0 Å². The first kappa shape index (κ1) is 13.0. The SMILES string of the molecule is O=C(O)c1cc(F)ccc1Cn1ccn2nccc2c1=O. The van der Waals surface area contributed by atoms with E-state index in [1.54, 1.807) is 12.3 Å². The zero-order valence-electron chi connectivity index (χ0n) is 10.7. The third-order valence-corrected chi connectivity index (χ3v) is 3.18. The van der Waals surface area contributed by atoms with E-state index in [4.69, 9.17) is 5.11 Å². The van der Waals surface area contributed by atoms with Crippen molar-refractivity contribution in [3.63, 3.8) is 0 Å². The fraction of sp³-hybridized carbons (Fsp3) is 0.0714. The minimum absolute atomic E-state index is 0.0441. The molecule has 2 heterocycles. The van der Waals surface area contributed by atoms with E-state index < -0.39 is 11.8 Å². The van der Waals surface area contributed by atoms with E-state index in [0.29, 0.717) is 11.1 Å². The van der Waals surface area contributed by atoms with Crippen molar-refractivity contribution in [3.05, 3.63) is 70.2 Å². The van der Waals surface area contributed by atoms with E-state index in [2.05, 4.69) is 5.10 Å². The average molecular weight is 287 g/mol. The van der Waals surface area contributed by atoms with Crippen LogP contribution in [0.5, 0.6) is 0 Å². The molecule has 21 heavy (non-hydrogen) atoms. The first-order valence-corrected chi connectivity index (χ1v) is 6.11. The Kier molecular flexibility index (Phi) is 3.02. The molecule has 0 fully saturated rings. The Morgan fingerprint density at radius 1 is 1.29 bits per heavy atom. The third kappa shape index (κ3) is 2.29. The van der Waals surface area contributed by atoms with Gasteiger partial charge in [0.15, 0.2) is 0 Å². The molecule has 0 atom stereocenters. The minimum Gasteiger partial charge on any atom is -0.478 e. The van der Waals surface area contributed by atoms with Crippen molar-refractivity contribution in [2.75, 3.05) is 0 Å². The Morgan fingerprint density at radius 3 is 2.86 bits per heavy atom. The van der Waals surface area contributed by atoms with E-state index in [0.717, 1.165) is 6.07 Å². The lowest BCUT2D eigenvalue weighted by Crippen LogP contribution is -2.22. The molecule has 1 N–H and O–H groups in total. The van der Waals surface area contributed by atoms with Gasteiger partial charge in [0, 0.05) is 12.4 Å². The summed E-state index contributed by atoms with van der Waals surface area (Å²) in [5.41, 5.74) is 0.289. The van der Waals surface area contributed by atoms with Crippen LogP contribution in [0.15, 0.2) is 47.7 Å². The molecule has 2 aromatic heterocycles. The van der Waals surface area contributed by atoms with Crippen molar-refractivity contribution in [1.29, 1.82) is 0 Å². The Morgan fingerprint density at radius 2 is 2.10 bits per heavy atom. The van der Waals surface area contributed by atoms with Crippen LogP contribution in [-0.2, 0) is 6.54 Å². The number of carboxylic acids is 1. The van der Waals surface area contributed by atoms with Crippen LogP contribution in [0.1, 0.15) is 15.9 Å². The lowest BCUT2D eigenvalue weighted by molar-refractivity contribution is 0.0695. The number of hydrogen-bond donors (Lipinski definition) is 1. The molecular weight excluding hydrogens is 277 g/mol. The van der Waals surface area contributed by atoms with Crippen LogP contribution >= 0.6 is 0 Å². The summed E-state index contributed by atoms with van der Waals surface area (Å²) in [6, 6.07) is 5.05. The zero-order valence-corrected chi connectivity index (χ0v) is 10.7. The minimum atomic E-state index is -1.23. The molecular formula is C14H10FN3O3. The molecule has 0 aliphatic rings. The zero-order chi connectivity index (χ0) is 15.0. The third-order valence-electron chi connectivity index (χ3n) is 3.18. The highest BCUT2D eigenvalue weighted by atomic mass is 19.1. The van der Waals surface area contributed by atoms with Crippen molar-refractivity contribution < 1.29 is 14.3 Å². The summed E-state index contributed by atoms with van der Waals surface area (Å²) in [6.45, 7) is 0.0441. The smallest absolute Gasteiger partial charge is 0.336 e. The van der Waals surface area contributed by atoms with E-state index in [-0.39, 0.29) is 17.7 Å². The average Bonchev–Trinajstić information content (AvgIpc) is 2.92. The highest BCUT2D eigenvalue weighted by molar-refractivity contribution is 5.89. The highest BCUT2D eigenvalue weighted by Gasteiger charge is 2.13. The summed E-state index contributed by atoms with van der Waals surface area (Å²) in [7, 11) is 0. The molecule has 0 amide bonds. The van der Waals surface area contributed by atoms with Crippen molar-refractivity contribution in [2.24, 2.45) is 0 Å². The molecule has 0 aliphatic carbocycles. The second-order valence-corrected chi connectivity index (χ2v) is 4.50. The Balaban J connectivity index is 2.08. The Bertz CT molecular complexity index is 898. The van der Waals surface area contributed by atoms with Crippen LogP contribution in [0, 0.1) is 5.82 Å². The fourth-order valence-electron chi connectivity index (χ4n) is 2.15. The quantitative estimate of drug-likeness (QED) is 0.789. The maximum absolute atomic E-state index is 13.1. The number of halogens is 1. The number of hydrogen-bond acceptors (Lipinski definition) is 3. The van der Waals surface area contributed by atoms with Crippen LogP contribution in [0.4, 0.5) is 4.39 Å². The molecule has 0 saturated carbocycles. The van der Waals surface area contributed by atoms with Gasteiger partial charge >= 0.3 is 5.97 Å². The molecule has 0 unspecified atom stereocenters. The normalized spacial score (nSPS) is 10.9. The molecule has 3 rings (SSSR count). The molecule has 0 saturated heterocycles. The monoisotopic (exact) mass is 287 g/mol. The number of aromatic nitrogens is 3. The molecule has 1 aromatic carbocycles. The maximum atomic E-state index is 13.1. The standard InChI is InChI=1S/C14H10FN3O3/c15-10-2-1-9(11(7-10)14(20)21)8-17-5-6-18-12(13(17)19)3-4-16-18/h1-7H,8H2,(H,20,21). The van der Waals surface area contributed by atoms with Crippen LogP contribution in [0.2, 0.25) is 0 Å². The summed E-state index contributed by atoms with van der Waals surface area (Å²) >= 11 is 0. The largest absolute Gasteiger partial charge is 0.478 e. The molecule has 3 aromatic rings. The van der Waals surface area contributed by atoms with Gasteiger partial charge in [-0.05, 0) is 23.8 Å². The van der Waals surface area contributed by atoms with Crippen LogP contribution < -0.4 is 5.56 Å². The molecule has 0 aliphatic heterocycles. The first-order valence-electron chi connectivity index (χ1n) is 6.11. The van der Waals surface area contributed by atoms with Gasteiger partial charge in [0.05, 0.1) is 18.3 Å². The molecule has 7 heteroatoms. The lowest BCUT2D eigenvalue weighted by atomic mass is 10.1. The van der Waals surface area contributed by atoms with E-state index in [1.807, 2.05) is 0 Å². The number of carbonyl (C=O) groups is 1. The van der Waals surface area contributed by atoms with Gasteiger partial charge in [-0.1, -0.05) is 6.07 Å². The number of benzene rings is 1. The first-order chi connectivity index (χ1) is 10.1. The van der Waals surface area contributed by atoms with Gasteiger partial charge in [-0.3, -0.25) is 4.79 Å². The number of fused-ring (bicyclic) bond motifs is 1. The summed E-state index contributed by atoms with van der Waals surface area (Å²) in [5, 5.41) is 13.1. The lowest BCUT2D eigenvalue weighted by Gasteiger charge is -2.09. The molecule has 0 spiro atoms. The predicted molar refractivity (Wildman–Crippen MR) is 71.9 cm³/mol. The highest BCUT2D eigenvalue weighted by Crippen LogP contribution is 2.13. The Labute approximate surface area is 117 Å². The predicted octanol–water partition coefficient (Wildman–Crippen LogP) is 1.38. The second kappa shape index (κ2) is 4.86. The molecule has 0 bridgehead atoms. The van der Waals surface area contributed by atoms with E-state index in [1.165, 1.54) is 33.6 Å². The van der Waals surface area contributed by atoms with E-state index >= 15 is 0 Å². The van der Waals surface area contributed by atoms with Gasteiger partial charge < -0.3 is 9.67 Å². The number of aromatic carboxylic acids is 1. The summed E-state index contributed by atoms with van der Waals surface area (Å²) in [4.78, 5) is 23.4. The van der Waals surface area contributed by atoms with E-state index in [9.17, 15) is 14.0 Å². The van der Waals surface area contributed by atoms with Gasteiger partial charge in [0.1, 0.15) is 11.3 Å². The van der Waals surface area contributed by atoms with Gasteiger partial charge in [-0.2, -0.15) is 5.10 Å². The summed E-state index contributed by atoms with van der Waals surface area (Å²) in [6.07, 6.45) is 4.61. The topological polar surface area (TPSA) is 76.6 Å². The maximum Gasteiger partial charge on any atom is 0.336 e. The molecule has 6 nitrogen and oxygen atoms in total. The Hall–Kier alpha value is -2.96. The van der Waals surface area contributed by atoms with Crippen LogP contribution in [-0.4, -0.2) is 25.3 Å².